The van der Waals surface area contributed by atoms with Crippen molar-refractivity contribution in [2.75, 3.05) is 20.8 Å². The van der Waals surface area contributed by atoms with E-state index in [4.69, 9.17) is 55.9 Å². The molecular weight excluding hydrogens is 532 g/mol. The van der Waals surface area contributed by atoms with Crippen LogP contribution in [0.4, 0.5) is 5.69 Å². The van der Waals surface area contributed by atoms with E-state index in [9.17, 15) is 4.79 Å². The Hall–Kier alpha value is -1.96. The zero-order valence-electron chi connectivity index (χ0n) is 20.0. The van der Waals surface area contributed by atoms with E-state index in [0.717, 1.165) is 18.4 Å². The van der Waals surface area contributed by atoms with E-state index in [0.29, 0.717) is 52.1 Å². The maximum absolute atomic E-state index is 12.9. The van der Waals surface area contributed by atoms with Gasteiger partial charge in [0, 0.05) is 11.1 Å². The summed E-state index contributed by atoms with van der Waals surface area (Å²) in [5.74, 6) is 1.71. The summed E-state index contributed by atoms with van der Waals surface area (Å²) < 4.78 is 12.5. The van der Waals surface area contributed by atoms with E-state index in [1.807, 2.05) is 18.2 Å². The molecule has 2 aromatic carbocycles. The first-order chi connectivity index (χ1) is 16.7. The van der Waals surface area contributed by atoms with E-state index < -0.39 is 0 Å². The Bertz CT molecular complexity index is 1200. The third-order valence-electron chi connectivity index (χ3n) is 5.91. The minimum atomic E-state index is -0.135. The van der Waals surface area contributed by atoms with Crippen LogP contribution >= 0.6 is 46.4 Å². The standard InChI is InChI=1S/C25H28Cl4N3O3/c1-16(2)11-12-32(15-33,19-9-10-20(34-3)23(35-4)22(19)27)14-21-30-24(28)25(29)31(21)13-17-7-5-6-8-18(17)26/h5-10,15-16H,11-14H2,1-4H3/q+1. The second-order valence-corrected chi connectivity index (χ2v) is 10.1. The van der Waals surface area contributed by atoms with Gasteiger partial charge in [0.1, 0.15) is 16.7 Å². The number of methoxy groups -OCH3 is 2. The fourth-order valence-electron chi connectivity index (χ4n) is 3.92. The number of halogens is 4. The lowest BCUT2D eigenvalue weighted by Crippen LogP contribution is -2.49. The number of rotatable bonds is 11. The predicted octanol–water partition coefficient (Wildman–Crippen LogP) is 7.27. The maximum atomic E-state index is 12.9. The molecule has 10 heteroatoms. The van der Waals surface area contributed by atoms with Gasteiger partial charge in [0.15, 0.2) is 28.2 Å². The van der Waals surface area contributed by atoms with E-state index in [-0.39, 0.29) is 21.3 Å². The first-order valence-corrected chi connectivity index (χ1v) is 12.6. The number of hydrogen-bond donors (Lipinski definition) is 0. The van der Waals surface area contributed by atoms with Crippen LogP contribution in [0.1, 0.15) is 31.7 Å². The largest absolute Gasteiger partial charge is 0.493 e. The molecule has 188 valence electrons. The van der Waals surface area contributed by atoms with Gasteiger partial charge in [0.25, 0.3) is 0 Å². The van der Waals surface area contributed by atoms with Crippen molar-refractivity contribution < 1.29 is 14.3 Å². The Labute approximate surface area is 225 Å². The van der Waals surface area contributed by atoms with Crippen molar-refractivity contribution in [1.82, 2.24) is 14.0 Å². The topological polar surface area (TPSA) is 53.3 Å². The number of benzene rings is 2. The minimum Gasteiger partial charge on any atom is -0.493 e. The Kier molecular flexibility index (Phi) is 9.35. The SMILES string of the molecule is COc1ccc([N+](C=O)(CCC(C)C)Cc2nc(Cl)c(Cl)n2Cc2ccccc2Cl)c(Cl)c1OC. The molecule has 35 heavy (non-hydrogen) atoms. The number of aromatic nitrogens is 2. The fraction of sp³-hybridized carbons (Fsp3) is 0.360. The van der Waals surface area contributed by atoms with Crippen LogP contribution in [0.5, 0.6) is 11.5 Å². The Morgan fingerprint density at radius 2 is 1.77 bits per heavy atom. The molecule has 0 aliphatic heterocycles. The molecule has 6 nitrogen and oxygen atoms in total. The zero-order chi connectivity index (χ0) is 25.8. The molecule has 1 aromatic heterocycles. The summed E-state index contributed by atoms with van der Waals surface area (Å²) in [6, 6.07) is 11.0. The van der Waals surface area contributed by atoms with Gasteiger partial charge in [-0.1, -0.05) is 78.5 Å². The lowest BCUT2D eigenvalue weighted by molar-refractivity contribution is -0.118. The van der Waals surface area contributed by atoms with Crippen LogP contribution < -0.4 is 14.0 Å². The molecule has 0 saturated heterocycles. The van der Waals surface area contributed by atoms with Gasteiger partial charge >= 0.3 is 6.41 Å². The van der Waals surface area contributed by atoms with Gasteiger partial charge in [-0.3, -0.25) is 0 Å². The normalized spacial score (nSPS) is 13.1. The Balaban J connectivity index is 2.15. The average molecular weight is 560 g/mol. The van der Waals surface area contributed by atoms with Crippen molar-refractivity contribution in [1.29, 1.82) is 0 Å². The van der Waals surface area contributed by atoms with Gasteiger partial charge in [-0.2, -0.15) is 0 Å². The molecule has 0 N–H and O–H groups in total. The quantitative estimate of drug-likeness (QED) is 0.183. The van der Waals surface area contributed by atoms with Gasteiger partial charge in [-0.25, -0.2) is 14.3 Å². The summed E-state index contributed by atoms with van der Waals surface area (Å²) in [5.41, 5.74) is 1.42. The van der Waals surface area contributed by atoms with Crippen LogP contribution in [-0.4, -0.2) is 36.7 Å². The first-order valence-electron chi connectivity index (χ1n) is 11.0. The summed E-state index contributed by atoms with van der Waals surface area (Å²) in [7, 11) is 3.04. The zero-order valence-corrected chi connectivity index (χ0v) is 23.0. The van der Waals surface area contributed by atoms with Crippen LogP contribution in [0, 0.1) is 5.92 Å². The van der Waals surface area contributed by atoms with Crippen LogP contribution in [-0.2, 0) is 17.9 Å². The van der Waals surface area contributed by atoms with Crippen molar-refractivity contribution in [2.45, 2.75) is 33.4 Å². The smallest absolute Gasteiger partial charge is 0.306 e. The molecule has 1 unspecified atom stereocenters. The predicted molar refractivity (Wildman–Crippen MR) is 143 cm³/mol. The minimum absolute atomic E-state index is 0.135. The fourth-order valence-corrected chi connectivity index (χ4v) is 4.91. The number of carbonyl (C=O) groups is 1. The summed E-state index contributed by atoms with van der Waals surface area (Å²) >= 11 is 26.1. The Morgan fingerprint density at radius 3 is 2.37 bits per heavy atom. The highest BCUT2D eigenvalue weighted by atomic mass is 35.5. The van der Waals surface area contributed by atoms with Gasteiger partial charge < -0.3 is 14.0 Å². The molecule has 1 atom stereocenters. The highest BCUT2D eigenvalue weighted by molar-refractivity contribution is 6.40. The molecule has 0 spiro atoms. The number of nitrogens with zero attached hydrogens (tertiary/aromatic N) is 3. The number of ether oxygens (including phenoxy) is 2. The van der Waals surface area contributed by atoms with Crippen LogP contribution in [0.15, 0.2) is 36.4 Å². The summed E-state index contributed by atoms with van der Waals surface area (Å²) in [6.07, 6.45) is 1.64. The van der Waals surface area contributed by atoms with Crippen molar-refractivity contribution in [2.24, 2.45) is 5.92 Å². The number of carbonyl (C=O) groups excluding carboxylic acids is 1. The van der Waals surface area contributed by atoms with E-state index in [1.165, 1.54) is 14.2 Å². The molecular formula is C25H28Cl4N3O3+. The molecule has 0 aliphatic rings. The van der Waals surface area contributed by atoms with Gasteiger partial charge in [0.2, 0.25) is 0 Å². The number of quaternary nitrogens is 1. The lowest BCUT2D eigenvalue weighted by atomic mass is 10.1. The number of amides is 1. The molecule has 0 bridgehead atoms. The molecule has 3 aromatic rings. The number of hydrogen-bond acceptors (Lipinski definition) is 4. The second-order valence-electron chi connectivity index (χ2n) is 8.63. The first kappa shape index (κ1) is 27.6. The van der Waals surface area contributed by atoms with E-state index in [2.05, 4.69) is 18.8 Å². The summed E-state index contributed by atoms with van der Waals surface area (Å²) in [6.45, 7) is 5.19. The monoisotopic (exact) mass is 558 g/mol. The van der Waals surface area contributed by atoms with Crippen LogP contribution in [0.2, 0.25) is 20.4 Å². The Morgan fingerprint density at radius 1 is 1.06 bits per heavy atom. The van der Waals surface area contributed by atoms with Gasteiger partial charge in [0.05, 0.1) is 27.3 Å². The molecule has 3 rings (SSSR count). The van der Waals surface area contributed by atoms with E-state index >= 15 is 0 Å². The van der Waals surface area contributed by atoms with Crippen molar-refractivity contribution >= 4 is 58.5 Å². The molecule has 0 radical (unpaired) electrons. The molecule has 0 fully saturated rings. The highest BCUT2D eigenvalue weighted by Crippen LogP contribution is 2.44. The number of imidazole rings is 1. The van der Waals surface area contributed by atoms with Gasteiger partial charge in [-0.15, -0.1) is 0 Å². The summed E-state index contributed by atoms with van der Waals surface area (Å²) in [5, 5.41) is 1.31. The molecule has 0 aliphatic carbocycles. The highest BCUT2D eigenvalue weighted by Gasteiger charge is 2.37. The molecule has 0 saturated carbocycles. The lowest BCUT2D eigenvalue weighted by Gasteiger charge is -2.33. The second kappa shape index (κ2) is 11.8. The van der Waals surface area contributed by atoms with E-state index in [1.54, 1.807) is 22.8 Å². The van der Waals surface area contributed by atoms with Crippen molar-refractivity contribution in [3.63, 3.8) is 0 Å². The van der Waals surface area contributed by atoms with Gasteiger partial charge in [-0.05, 0) is 30.0 Å². The third kappa shape index (κ3) is 5.89. The molecule has 1 heterocycles. The third-order valence-corrected chi connectivity index (χ3v) is 7.38. The summed E-state index contributed by atoms with van der Waals surface area (Å²) in [4.78, 5) is 17.4. The van der Waals surface area contributed by atoms with Crippen LogP contribution in [0.25, 0.3) is 0 Å². The molecule has 1 amide bonds. The maximum Gasteiger partial charge on any atom is 0.306 e. The van der Waals surface area contributed by atoms with Crippen molar-refractivity contribution in [3.05, 3.63) is 68.1 Å². The van der Waals surface area contributed by atoms with Crippen LogP contribution in [0.3, 0.4) is 0 Å². The average Bonchev–Trinajstić information content (AvgIpc) is 3.10. The van der Waals surface area contributed by atoms with Crippen molar-refractivity contribution in [3.8, 4) is 11.5 Å².